The first kappa shape index (κ1) is 24.2. The molecule has 2 aliphatic heterocycles. The molecular formula is C27H36N4O3. The molecule has 1 aromatic heterocycles. The van der Waals surface area contributed by atoms with E-state index in [9.17, 15) is 14.7 Å². The third-order valence-electron chi connectivity index (χ3n) is 7.08. The van der Waals surface area contributed by atoms with Gasteiger partial charge in [0.15, 0.2) is 0 Å². The highest BCUT2D eigenvalue weighted by Crippen LogP contribution is 2.43. The molecule has 7 nitrogen and oxygen atoms in total. The molecule has 2 aliphatic rings. The number of amides is 2. The highest BCUT2D eigenvalue weighted by molar-refractivity contribution is 5.94. The molecule has 2 atom stereocenters. The molecule has 0 aliphatic carbocycles. The highest BCUT2D eigenvalue weighted by Gasteiger charge is 2.38. The van der Waals surface area contributed by atoms with Gasteiger partial charge in [-0.2, -0.15) is 0 Å². The lowest BCUT2D eigenvalue weighted by Crippen LogP contribution is -2.48. The smallest absolute Gasteiger partial charge is 0.408 e. The summed E-state index contributed by atoms with van der Waals surface area (Å²) in [6.07, 6.45) is 5.41. The van der Waals surface area contributed by atoms with Crippen LogP contribution in [0.5, 0.6) is 0 Å². The van der Waals surface area contributed by atoms with Crippen molar-refractivity contribution in [2.75, 3.05) is 18.0 Å². The number of hydrogen-bond donors (Lipinski definition) is 1. The molecule has 1 fully saturated rings. The van der Waals surface area contributed by atoms with E-state index < -0.39 is 6.09 Å². The summed E-state index contributed by atoms with van der Waals surface area (Å²) < 4.78 is 0. The number of piperidine rings is 1. The molecule has 0 saturated carbocycles. The number of aromatic nitrogens is 1. The zero-order valence-electron chi connectivity index (χ0n) is 20.7. The van der Waals surface area contributed by atoms with Gasteiger partial charge >= 0.3 is 6.09 Å². The van der Waals surface area contributed by atoms with Gasteiger partial charge in [0.25, 0.3) is 0 Å². The van der Waals surface area contributed by atoms with Gasteiger partial charge in [-0.25, -0.2) is 4.79 Å². The topological polar surface area (TPSA) is 77.0 Å². The number of rotatable bonds is 5. The van der Waals surface area contributed by atoms with Crippen LogP contribution in [-0.2, 0) is 11.3 Å². The van der Waals surface area contributed by atoms with Crippen molar-refractivity contribution in [2.24, 2.45) is 0 Å². The Morgan fingerprint density at radius 3 is 2.47 bits per heavy atom. The van der Waals surface area contributed by atoms with E-state index in [1.807, 2.05) is 51.2 Å². The normalized spacial score (nSPS) is 20.8. The maximum atomic E-state index is 12.5. The van der Waals surface area contributed by atoms with Crippen molar-refractivity contribution in [1.29, 1.82) is 0 Å². The molecule has 2 unspecified atom stereocenters. The van der Waals surface area contributed by atoms with E-state index in [4.69, 9.17) is 4.98 Å². The molecule has 34 heavy (non-hydrogen) atoms. The fraction of sp³-hybridized carbons (Fsp3) is 0.519. The Morgan fingerprint density at radius 1 is 1.15 bits per heavy atom. The van der Waals surface area contributed by atoms with Gasteiger partial charge in [-0.1, -0.05) is 18.6 Å². The van der Waals surface area contributed by atoms with E-state index in [-0.39, 0.29) is 24.0 Å². The largest absolute Gasteiger partial charge is 0.465 e. The lowest BCUT2D eigenvalue weighted by molar-refractivity contribution is -0.117. The SMILES string of the molecule is CC(=O)N1c2ccc(-c3ccc(CN4CCCCC4)cn3)cc2C(N(C(=O)O)C(C)C)CC1C. The minimum Gasteiger partial charge on any atom is -0.465 e. The first-order chi connectivity index (χ1) is 16.3. The van der Waals surface area contributed by atoms with E-state index >= 15 is 0 Å². The molecule has 1 N–H and O–H groups in total. The first-order valence-corrected chi connectivity index (χ1v) is 12.4. The van der Waals surface area contributed by atoms with Crippen LogP contribution in [0.15, 0.2) is 36.5 Å². The molecule has 1 saturated heterocycles. The third kappa shape index (κ3) is 4.94. The lowest BCUT2D eigenvalue weighted by Gasteiger charge is -2.43. The average molecular weight is 465 g/mol. The van der Waals surface area contributed by atoms with Gasteiger partial charge in [0, 0.05) is 43.0 Å². The van der Waals surface area contributed by atoms with Crippen molar-refractivity contribution in [3.8, 4) is 11.3 Å². The summed E-state index contributed by atoms with van der Waals surface area (Å²) in [5.41, 5.74) is 4.63. The van der Waals surface area contributed by atoms with Gasteiger partial charge in [0.1, 0.15) is 0 Å². The number of fused-ring (bicyclic) bond motifs is 1. The van der Waals surface area contributed by atoms with Crippen LogP contribution in [0, 0.1) is 0 Å². The van der Waals surface area contributed by atoms with Crippen LogP contribution in [-0.4, -0.2) is 57.1 Å². The summed E-state index contributed by atoms with van der Waals surface area (Å²) >= 11 is 0. The molecule has 4 rings (SSSR count). The summed E-state index contributed by atoms with van der Waals surface area (Å²) in [7, 11) is 0. The van der Waals surface area contributed by atoms with Crippen LogP contribution in [0.25, 0.3) is 11.3 Å². The zero-order valence-corrected chi connectivity index (χ0v) is 20.7. The van der Waals surface area contributed by atoms with Crippen LogP contribution >= 0.6 is 0 Å². The number of carbonyl (C=O) groups excluding carboxylic acids is 1. The van der Waals surface area contributed by atoms with E-state index in [0.29, 0.717) is 6.42 Å². The fourth-order valence-electron chi connectivity index (χ4n) is 5.52. The van der Waals surface area contributed by atoms with Crippen molar-refractivity contribution in [3.63, 3.8) is 0 Å². The predicted octanol–water partition coefficient (Wildman–Crippen LogP) is 5.31. The van der Waals surface area contributed by atoms with Crippen molar-refractivity contribution in [2.45, 2.75) is 78.0 Å². The van der Waals surface area contributed by atoms with Gasteiger partial charge in [0.2, 0.25) is 5.91 Å². The predicted molar refractivity (Wildman–Crippen MR) is 134 cm³/mol. The minimum absolute atomic E-state index is 0.0356. The molecule has 2 aromatic rings. The summed E-state index contributed by atoms with van der Waals surface area (Å²) in [5, 5.41) is 9.96. The van der Waals surface area contributed by atoms with Crippen molar-refractivity contribution in [3.05, 3.63) is 47.7 Å². The standard InChI is InChI=1S/C27H36N4O3/c1-18(2)30(27(33)34)26-14-19(3)31(20(4)32)25-11-9-22(15-23(25)26)24-10-8-21(16-28-24)17-29-12-6-5-7-13-29/h8-11,15-16,18-19,26H,5-7,12-14,17H2,1-4H3,(H,33,34). The Balaban J connectivity index is 1.67. The quantitative estimate of drug-likeness (QED) is 0.649. The minimum atomic E-state index is -0.944. The van der Waals surface area contributed by atoms with Gasteiger partial charge in [-0.15, -0.1) is 0 Å². The van der Waals surface area contributed by atoms with E-state index in [1.54, 1.807) is 11.8 Å². The van der Waals surface area contributed by atoms with Crippen molar-refractivity contribution >= 4 is 17.7 Å². The number of carboxylic acid groups (broad SMARTS) is 1. The maximum absolute atomic E-state index is 12.5. The summed E-state index contributed by atoms with van der Waals surface area (Å²) in [6, 6.07) is 9.53. The maximum Gasteiger partial charge on any atom is 0.408 e. The summed E-state index contributed by atoms with van der Waals surface area (Å²) in [5.74, 6) is -0.0356. The second-order valence-corrected chi connectivity index (χ2v) is 9.94. The van der Waals surface area contributed by atoms with E-state index in [2.05, 4.69) is 11.0 Å². The van der Waals surface area contributed by atoms with Crippen molar-refractivity contribution < 1.29 is 14.7 Å². The second kappa shape index (κ2) is 10.1. The molecule has 0 bridgehead atoms. The number of pyridine rings is 1. The van der Waals surface area contributed by atoms with E-state index in [1.165, 1.54) is 29.7 Å². The van der Waals surface area contributed by atoms with Crippen LogP contribution in [0.2, 0.25) is 0 Å². The third-order valence-corrected chi connectivity index (χ3v) is 7.08. The highest BCUT2D eigenvalue weighted by atomic mass is 16.4. The molecule has 0 radical (unpaired) electrons. The number of likely N-dealkylation sites (tertiary alicyclic amines) is 1. The molecule has 7 heteroatoms. The molecule has 1 aromatic carbocycles. The van der Waals surface area contributed by atoms with E-state index in [0.717, 1.165) is 42.1 Å². The molecule has 3 heterocycles. The Bertz CT molecular complexity index is 1030. The second-order valence-electron chi connectivity index (χ2n) is 9.94. The Morgan fingerprint density at radius 2 is 1.88 bits per heavy atom. The number of nitrogens with zero attached hydrogens (tertiary/aromatic N) is 4. The molecular weight excluding hydrogens is 428 g/mol. The number of hydrogen-bond acceptors (Lipinski definition) is 4. The zero-order chi connectivity index (χ0) is 24.4. The van der Waals surface area contributed by atoms with Gasteiger partial charge in [-0.05, 0) is 82.4 Å². The Hall–Kier alpha value is -2.93. The molecule has 0 spiro atoms. The summed E-state index contributed by atoms with van der Waals surface area (Å²) in [4.78, 5) is 35.1. The number of carbonyl (C=O) groups is 2. The van der Waals surface area contributed by atoms with Crippen LogP contribution < -0.4 is 4.90 Å². The van der Waals surface area contributed by atoms with Crippen LogP contribution in [0.3, 0.4) is 0 Å². The number of anilines is 1. The monoisotopic (exact) mass is 464 g/mol. The Kier molecular flexibility index (Phi) is 7.22. The van der Waals surface area contributed by atoms with Crippen LogP contribution in [0.4, 0.5) is 10.5 Å². The Labute approximate surface area is 202 Å². The molecule has 182 valence electrons. The first-order valence-electron chi connectivity index (χ1n) is 12.4. The fourth-order valence-corrected chi connectivity index (χ4v) is 5.52. The number of benzene rings is 1. The van der Waals surface area contributed by atoms with Crippen LogP contribution in [0.1, 0.15) is 70.5 Å². The van der Waals surface area contributed by atoms with Gasteiger partial charge in [-0.3, -0.25) is 19.6 Å². The average Bonchev–Trinajstić information content (AvgIpc) is 2.79. The lowest BCUT2D eigenvalue weighted by atomic mass is 9.88. The molecule has 2 amide bonds. The van der Waals surface area contributed by atoms with Crippen molar-refractivity contribution in [1.82, 2.24) is 14.8 Å². The summed E-state index contributed by atoms with van der Waals surface area (Å²) in [6.45, 7) is 10.5. The van der Waals surface area contributed by atoms with Gasteiger partial charge in [0.05, 0.1) is 11.7 Å². The van der Waals surface area contributed by atoms with Gasteiger partial charge < -0.3 is 10.0 Å².